The number of nitrogens with one attached hydrogen (secondary N) is 2. The molecule has 4 aromatic rings. The third-order valence-corrected chi connectivity index (χ3v) is 13.6. The monoisotopic (exact) mass is 1020 g/mol. The van der Waals surface area contributed by atoms with E-state index in [0.717, 1.165) is 36.7 Å². The fourth-order valence-corrected chi connectivity index (χ4v) is 10.2. The second-order valence-electron chi connectivity index (χ2n) is 18.6. The fourth-order valence-electron chi connectivity index (χ4n) is 9.85. The number of rotatable bonds is 15. The van der Waals surface area contributed by atoms with Crippen molar-refractivity contribution in [2.75, 3.05) is 32.6 Å². The molecule has 0 saturated carbocycles. The van der Waals surface area contributed by atoms with Crippen molar-refractivity contribution in [1.82, 2.24) is 19.8 Å². The van der Waals surface area contributed by atoms with Gasteiger partial charge in [-0.25, -0.2) is 9.59 Å². The topological polar surface area (TPSA) is 214 Å². The summed E-state index contributed by atoms with van der Waals surface area (Å²) in [5, 5.41) is 16.4. The summed E-state index contributed by atoms with van der Waals surface area (Å²) in [6.07, 6.45) is 7.27. The van der Waals surface area contributed by atoms with Crippen molar-refractivity contribution in [2.24, 2.45) is 24.8 Å². The smallest absolute Gasteiger partial charge is 0.339 e. The number of carbonyl (C=O) groups is 6. The van der Waals surface area contributed by atoms with Crippen LogP contribution in [0.2, 0.25) is 0 Å². The van der Waals surface area contributed by atoms with E-state index in [4.69, 9.17) is 23.7 Å². The van der Waals surface area contributed by atoms with Crippen molar-refractivity contribution >= 4 is 68.7 Å². The van der Waals surface area contributed by atoms with E-state index >= 15 is 0 Å². The second-order valence-corrected chi connectivity index (χ2v) is 19.5. The normalized spacial score (nSPS) is 24.5. The van der Waals surface area contributed by atoms with Gasteiger partial charge in [-0.3, -0.25) is 29.1 Å². The number of para-hydroxylation sites is 1. The molecule has 8 atom stereocenters. The van der Waals surface area contributed by atoms with E-state index in [0.29, 0.717) is 31.4 Å². The number of ether oxygens (including phenoxy) is 5. The van der Waals surface area contributed by atoms with Gasteiger partial charge in [0.1, 0.15) is 17.8 Å². The number of cyclic esters (lactones) is 2. The number of amides is 2. The molecule has 4 heterocycles. The van der Waals surface area contributed by atoms with E-state index in [1.165, 1.54) is 60.3 Å². The molecule has 0 bridgehead atoms. The Bertz CT molecular complexity index is 2510. The minimum atomic E-state index is -1.42. The summed E-state index contributed by atoms with van der Waals surface area (Å²) in [6.45, 7) is 9.91. The van der Waals surface area contributed by atoms with Crippen LogP contribution in [0, 0.1) is 17.8 Å². The average Bonchev–Trinajstić information content (AvgIpc) is 3.64. The maximum Gasteiger partial charge on any atom is 0.339 e. The van der Waals surface area contributed by atoms with Gasteiger partial charge in [0.15, 0.2) is 17.9 Å². The predicted molar refractivity (Wildman–Crippen MR) is 259 cm³/mol. The molecule has 2 saturated heterocycles. The number of aromatic nitrogens is 2. The Kier molecular flexibility index (Phi) is 17.6. The first kappa shape index (κ1) is 52.5. The van der Waals surface area contributed by atoms with Crippen LogP contribution in [-0.4, -0.2) is 113 Å². The maximum atomic E-state index is 13.3. The summed E-state index contributed by atoms with van der Waals surface area (Å²) >= 11 is 3.35. The highest BCUT2D eigenvalue weighted by Crippen LogP contribution is 2.49. The lowest BCUT2D eigenvalue weighted by molar-refractivity contribution is -0.175. The highest BCUT2D eigenvalue weighted by Gasteiger charge is 2.52. The molecule has 0 spiro atoms. The number of phenolic OH excluding ortho intramolecular Hbond substituents is 1. The molecule has 8 unspecified atom stereocenters. The van der Waals surface area contributed by atoms with Crippen LogP contribution in [0.15, 0.2) is 65.5 Å². The SMILES string of the molecule is CCCCCC1C(=O)OC(C)C(NC(=O)c2cccc(NC=O)c2O)C(=O)OC(C)C1OC(=O)CC(C)C.COC12CC(COC(=O)c3cncc(Br)c3)CN(C)C1Cc1cn(C)c3cccc2c13. The third kappa shape index (κ3) is 12.0. The zero-order chi connectivity index (χ0) is 50.2. The number of aromatic hydroxyl groups is 1. The first-order valence-corrected chi connectivity index (χ1v) is 24.3. The number of unbranched alkanes of at least 4 members (excludes halogenated alkanes) is 2. The van der Waals surface area contributed by atoms with Gasteiger partial charge in [0.2, 0.25) is 6.41 Å². The van der Waals surface area contributed by atoms with E-state index in [-0.39, 0.29) is 41.5 Å². The van der Waals surface area contributed by atoms with Crippen LogP contribution in [0.1, 0.15) is 105 Å². The molecule has 17 nitrogen and oxygen atoms in total. The number of halogens is 1. The Morgan fingerprint density at radius 3 is 2.48 bits per heavy atom. The number of esters is 4. The van der Waals surface area contributed by atoms with Gasteiger partial charge >= 0.3 is 23.9 Å². The molecular formula is C51H64BrN5O12. The van der Waals surface area contributed by atoms with Gasteiger partial charge in [-0.2, -0.15) is 0 Å². The van der Waals surface area contributed by atoms with Gasteiger partial charge in [-0.1, -0.05) is 58.2 Å². The molecule has 1 aliphatic carbocycles. The van der Waals surface area contributed by atoms with Crippen LogP contribution in [-0.2, 0) is 61.9 Å². The lowest BCUT2D eigenvalue weighted by atomic mass is 9.69. The first-order valence-electron chi connectivity index (χ1n) is 23.5. The number of aryl methyl sites for hydroxylation is 1. The number of phenols is 1. The third-order valence-electron chi connectivity index (χ3n) is 13.2. The zero-order valence-corrected chi connectivity index (χ0v) is 42.1. The standard InChI is InChI=1S/C27H38N2O9.C24H26BrN3O3/c1-6-7-8-10-19-24(38-21(31)13-15(2)3)17(5)37-27(35)22(16(4)36-26(19)34)29-25(33)18-11-9-12-20(23(18)32)28-14-30;1-27-13-17-8-21-24(30-3,19-5-4-6-20(27)22(17)19)9-15(12-28(21)2)14-31-23(29)16-7-18(25)11-26-10-16/h9,11-12,14-17,19,22,24,32H,6-8,10,13H2,1-5H3,(H,28,30)(H,29,33);4-7,10-11,13,15,21H,8-9,12,14H2,1-3H3. The number of benzene rings is 2. The Hall–Kier alpha value is -5.85. The molecule has 0 radical (unpaired) electrons. The van der Waals surface area contributed by atoms with Crippen molar-refractivity contribution in [3.63, 3.8) is 0 Å². The summed E-state index contributed by atoms with van der Waals surface area (Å²) < 4.78 is 31.9. The van der Waals surface area contributed by atoms with Crippen LogP contribution in [0.25, 0.3) is 10.9 Å². The van der Waals surface area contributed by atoms with Crippen LogP contribution in [0.5, 0.6) is 5.75 Å². The number of anilines is 1. The Morgan fingerprint density at radius 1 is 1.04 bits per heavy atom. The number of pyridine rings is 1. The molecule has 3 N–H and O–H groups in total. The average molecular weight is 1020 g/mol. The molecule has 2 amide bonds. The van der Waals surface area contributed by atoms with Crippen LogP contribution >= 0.6 is 15.9 Å². The number of fused-ring (bicyclic) bond motifs is 2. The zero-order valence-electron chi connectivity index (χ0n) is 40.5. The van der Waals surface area contributed by atoms with Gasteiger partial charge < -0.3 is 44.0 Å². The van der Waals surface area contributed by atoms with Crippen molar-refractivity contribution in [3.8, 4) is 5.75 Å². The molecular weight excluding hydrogens is 954 g/mol. The summed E-state index contributed by atoms with van der Waals surface area (Å²) in [5.74, 6) is -4.45. The van der Waals surface area contributed by atoms with E-state index in [1.54, 1.807) is 12.3 Å². The number of hydrogen-bond donors (Lipinski definition) is 3. The molecule has 69 heavy (non-hydrogen) atoms. The van der Waals surface area contributed by atoms with Crippen molar-refractivity contribution < 1.29 is 57.6 Å². The first-order chi connectivity index (χ1) is 32.9. The van der Waals surface area contributed by atoms with Crippen LogP contribution < -0.4 is 10.6 Å². The molecule has 372 valence electrons. The minimum Gasteiger partial charge on any atom is -0.505 e. The second kappa shape index (κ2) is 23.2. The number of likely N-dealkylation sites (tertiary alicyclic amines) is 1. The number of carbonyl (C=O) groups excluding carboxylic acids is 6. The number of piperidine rings is 1. The molecule has 18 heteroatoms. The molecule has 2 fully saturated rings. The van der Waals surface area contributed by atoms with Gasteiger partial charge in [0.25, 0.3) is 5.91 Å². The van der Waals surface area contributed by atoms with E-state index in [1.807, 2.05) is 27.9 Å². The largest absolute Gasteiger partial charge is 0.505 e. The molecule has 2 aromatic heterocycles. The van der Waals surface area contributed by atoms with Gasteiger partial charge in [0, 0.05) is 73.0 Å². The predicted octanol–water partition coefficient (Wildman–Crippen LogP) is 7.00. The van der Waals surface area contributed by atoms with Gasteiger partial charge in [-0.15, -0.1) is 0 Å². The van der Waals surface area contributed by atoms with Crippen LogP contribution in [0.4, 0.5) is 5.69 Å². The molecule has 2 aromatic carbocycles. The van der Waals surface area contributed by atoms with Crippen molar-refractivity contribution in [3.05, 3.63) is 87.8 Å². The Morgan fingerprint density at radius 2 is 1.78 bits per heavy atom. The molecule has 7 rings (SSSR count). The number of likely N-dealkylation sites (N-methyl/N-ethyl adjacent to an activating group) is 1. The lowest BCUT2D eigenvalue weighted by Crippen LogP contribution is -2.59. The van der Waals surface area contributed by atoms with E-state index in [9.17, 15) is 33.9 Å². The van der Waals surface area contributed by atoms with Crippen molar-refractivity contribution in [1.29, 1.82) is 0 Å². The van der Waals surface area contributed by atoms with Crippen molar-refractivity contribution in [2.45, 2.75) is 116 Å². The van der Waals surface area contributed by atoms with E-state index in [2.05, 4.69) is 79.5 Å². The highest BCUT2D eigenvalue weighted by molar-refractivity contribution is 9.10. The highest BCUT2D eigenvalue weighted by atomic mass is 79.9. The Labute approximate surface area is 411 Å². The minimum absolute atomic E-state index is 0.00114. The van der Waals surface area contributed by atoms with Gasteiger partial charge in [-0.05, 0) is 97.4 Å². The molecule has 3 aliphatic rings. The lowest BCUT2D eigenvalue weighted by Gasteiger charge is -2.53. The Balaban J connectivity index is 0.000000230. The summed E-state index contributed by atoms with van der Waals surface area (Å²) in [4.78, 5) is 81.7. The maximum absolute atomic E-state index is 13.3. The van der Waals surface area contributed by atoms with Gasteiger partial charge in [0.05, 0.1) is 29.3 Å². The summed E-state index contributed by atoms with van der Waals surface area (Å²) in [7, 11) is 6.07. The summed E-state index contributed by atoms with van der Waals surface area (Å²) in [6, 6.07) is 11.2. The fraction of sp³-hybridized carbons (Fsp3) is 0.510. The number of methoxy groups -OCH3 is 1. The van der Waals surface area contributed by atoms with E-state index < -0.39 is 65.4 Å². The molecule has 2 aliphatic heterocycles. The number of hydrogen-bond acceptors (Lipinski definition) is 14. The summed E-state index contributed by atoms with van der Waals surface area (Å²) in [5.41, 5.74) is 3.68. The van der Waals surface area contributed by atoms with Crippen LogP contribution in [0.3, 0.4) is 0 Å². The quantitative estimate of drug-likeness (QED) is 0.0360. The number of nitrogens with zero attached hydrogens (tertiary/aromatic N) is 3.